The van der Waals surface area contributed by atoms with Crippen molar-refractivity contribution in [3.63, 3.8) is 0 Å². The number of carboxylic acid groups (broad SMARTS) is 1. The summed E-state index contributed by atoms with van der Waals surface area (Å²) in [6.07, 6.45) is 1.03. The number of nitrogens with one attached hydrogen (secondary N) is 2. The van der Waals surface area contributed by atoms with Crippen LogP contribution < -0.4 is 10.0 Å². The Balaban J connectivity index is 1.62. The van der Waals surface area contributed by atoms with E-state index in [1.54, 1.807) is 12.3 Å². The Hall–Kier alpha value is -3.36. The van der Waals surface area contributed by atoms with E-state index in [-0.39, 0.29) is 35.0 Å². The van der Waals surface area contributed by atoms with E-state index in [1.165, 1.54) is 30.5 Å². The molecule has 0 aliphatic heterocycles. The zero-order chi connectivity index (χ0) is 24.0. The van der Waals surface area contributed by atoms with Gasteiger partial charge in [0, 0.05) is 22.0 Å². The fraction of sp³-hybridized carbons (Fsp3) is 0.211. The Morgan fingerprint density at radius 1 is 1.12 bits per heavy atom. The molecule has 0 spiro atoms. The monoisotopic (exact) mass is 510 g/mol. The largest absolute Gasteiger partial charge is 0.481 e. The maximum absolute atomic E-state index is 12.5. The summed E-state index contributed by atoms with van der Waals surface area (Å²) in [4.78, 5) is 43.0. The number of hydrogen-bond acceptors (Lipinski definition) is 10. The molecule has 11 nitrogen and oxygen atoms in total. The van der Waals surface area contributed by atoms with Gasteiger partial charge in [-0.3, -0.25) is 24.4 Å². The average Bonchev–Trinajstić information content (AvgIpc) is 3.36. The van der Waals surface area contributed by atoms with Crippen LogP contribution in [0.5, 0.6) is 0 Å². The first-order valence-corrected chi connectivity index (χ1v) is 12.5. The number of esters is 1. The fourth-order valence-corrected chi connectivity index (χ4v) is 5.27. The number of aliphatic carboxylic acids is 1. The van der Waals surface area contributed by atoms with Gasteiger partial charge in [-0.25, -0.2) is 18.4 Å². The molecule has 0 saturated carbocycles. The van der Waals surface area contributed by atoms with Crippen LogP contribution in [0.1, 0.15) is 27.9 Å². The number of anilines is 2. The number of amides is 1. The van der Waals surface area contributed by atoms with Crippen molar-refractivity contribution in [2.75, 3.05) is 16.6 Å². The van der Waals surface area contributed by atoms with Crippen LogP contribution >= 0.6 is 22.7 Å². The highest BCUT2D eigenvalue weighted by Crippen LogP contribution is 2.23. The first-order chi connectivity index (χ1) is 15.7. The molecule has 0 aliphatic carbocycles. The molecule has 0 saturated heterocycles. The number of aromatic nitrogens is 2. The van der Waals surface area contributed by atoms with Crippen molar-refractivity contribution in [2.45, 2.75) is 24.7 Å². The van der Waals surface area contributed by atoms with Crippen molar-refractivity contribution in [3.05, 3.63) is 52.0 Å². The van der Waals surface area contributed by atoms with Gasteiger partial charge in [0.1, 0.15) is 0 Å². The van der Waals surface area contributed by atoms with Crippen molar-refractivity contribution in [1.29, 1.82) is 0 Å². The fourth-order valence-electron chi connectivity index (χ4n) is 2.52. The molecule has 0 unspecified atom stereocenters. The van der Waals surface area contributed by atoms with E-state index in [0.717, 1.165) is 22.7 Å². The van der Waals surface area contributed by atoms with E-state index in [4.69, 9.17) is 9.84 Å². The third-order valence-corrected chi connectivity index (χ3v) is 7.13. The molecule has 33 heavy (non-hydrogen) atoms. The SMILES string of the molecule is CCOC(=O)Cc1csc(NC(=O)c2ccc(S(=O)(=O)Nc3ncc(CC(=O)O)s3)cc2)n1. The molecule has 14 heteroatoms. The third kappa shape index (κ3) is 6.81. The highest BCUT2D eigenvalue weighted by molar-refractivity contribution is 7.93. The summed E-state index contributed by atoms with van der Waals surface area (Å²) in [5.41, 5.74) is 0.670. The van der Waals surface area contributed by atoms with Crippen molar-refractivity contribution in [3.8, 4) is 0 Å². The van der Waals surface area contributed by atoms with Crippen LogP contribution in [0.15, 0.2) is 40.7 Å². The minimum absolute atomic E-state index is 0.00331. The lowest BCUT2D eigenvalue weighted by molar-refractivity contribution is -0.142. The molecule has 2 aromatic heterocycles. The van der Waals surface area contributed by atoms with Gasteiger partial charge < -0.3 is 9.84 Å². The summed E-state index contributed by atoms with van der Waals surface area (Å²) in [7, 11) is -3.98. The van der Waals surface area contributed by atoms with Gasteiger partial charge in [-0.15, -0.1) is 22.7 Å². The van der Waals surface area contributed by atoms with E-state index in [2.05, 4.69) is 20.0 Å². The summed E-state index contributed by atoms with van der Waals surface area (Å²) in [5, 5.41) is 13.3. The molecule has 0 aliphatic rings. The minimum atomic E-state index is -3.98. The quantitative estimate of drug-likeness (QED) is 0.347. The maximum atomic E-state index is 12.5. The number of carboxylic acids is 1. The van der Waals surface area contributed by atoms with Crippen LogP contribution in [0.4, 0.5) is 10.3 Å². The minimum Gasteiger partial charge on any atom is -0.481 e. The second-order valence-corrected chi connectivity index (χ2v) is 10.1. The molecule has 0 atom stereocenters. The van der Waals surface area contributed by atoms with Crippen molar-refractivity contribution >= 4 is 60.8 Å². The van der Waals surface area contributed by atoms with Gasteiger partial charge in [0.05, 0.1) is 30.0 Å². The van der Waals surface area contributed by atoms with Gasteiger partial charge in [0.25, 0.3) is 15.9 Å². The molecule has 1 aromatic carbocycles. The zero-order valence-electron chi connectivity index (χ0n) is 17.1. The number of carbonyl (C=O) groups excluding carboxylic acids is 2. The van der Waals surface area contributed by atoms with Crippen molar-refractivity contribution in [2.24, 2.45) is 0 Å². The number of carbonyl (C=O) groups is 3. The molecule has 3 N–H and O–H groups in total. The summed E-state index contributed by atoms with van der Waals surface area (Å²) in [6, 6.07) is 5.21. The molecule has 0 radical (unpaired) electrons. The van der Waals surface area contributed by atoms with E-state index in [0.29, 0.717) is 15.7 Å². The van der Waals surface area contributed by atoms with E-state index >= 15 is 0 Å². The van der Waals surface area contributed by atoms with E-state index in [9.17, 15) is 22.8 Å². The number of nitrogens with zero attached hydrogens (tertiary/aromatic N) is 2. The Morgan fingerprint density at radius 2 is 1.85 bits per heavy atom. The zero-order valence-corrected chi connectivity index (χ0v) is 19.6. The third-order valence-electron chi connectivity index (χ3n) is 3.93. The molecule has 3 rings (SSSR count). The second-order valence-electron chi connectivity index (χ2n) is 6.41. The van der Waals surface area contributed by atoms with Crippen LogP contribution in [0, 0.1) is 0 Å². The number of hydrogen-bond donors (Lipinski definition) is 3. The molecule has 3 aromatic rings. The first kappa shape index (κ1) is 24.3. The standard InChI is InChI=1S/C19H18N4O7S3/c1-2-30-16(26)7-12-10-31-19(21-12)22-17(27)11-3-5-14(6-4-11)33(28,29)23-18-20-9-13(32-18)8-15(24)25/h3-6,9-10H,2,7-8H2,1H3,(H,20,23)(H,24,25)(H,21,22,27). The molecule has 2 heterocycles. The second kappa shape index (κ2) is 10.5. The lowest BCUT2D eigenvalue weighted by atomic mass is 10.2. The average molecular weight is 511 g/mol. The maximum Gasteiger partial charge on any atom is 0.311 e. The van der Waals surface area contributed by atoms with Crippen LogP contribution in [0.25, 0.3) is 0 Å². The van der Waals surface area contributed by atoms with E-state index < -0.39 is 27.9 Å². The number of benzene rings is 1. The number of ether oxygens (including phenoxy) is 1. The molecule has 0 bridgehead atoms. The normalized spacial score (nSPS) is 11.1. The number of sulfonamides is 1. The van der Waals surface area contributed by atoms with Crippen LogP contribution in [-0.2, 0) is 37.2 Å². The van der Waals surface area contributed by atoms with Gasteiger partial charge in [-0.1, -0.05) is 0 Å². The topological polar surface area (TPSA) is 165 Å². The molecule has 174 valence electrons. The highest BCUT2D eigenvalue weighted by Gasteiger charge is 2.18. The van der Waals surface area contributed by atoms with Crippen molar-refractivity contribution in [1.82, 2.24) is 9.97 Å². The Kier molecular flexibility index (Phi) is 7.73. The van der Waals surface area contributed by atoms with Gasteiger partial charge in [0.2, 0.25) is 0 Å². The van der Waals surface area contributed by atoms with Crippen molar-refractivity contribution < 1.29 is 32.6 Å². The van der Waals surface area contributed by atoms with Gasteiger partial charge in [-0.05, 0) is 31.2 Å². The highest BCUT2D eigenvalue weighted by atomic mass is 32.2. The van der Waals surface area contributed by atoms with Gasteiger partial charge >= 0.3 is 11.9 Å². The van der Waals surface area contributed by atoms with Crippen LogP contribution in [0.3, 0.4) is 0 Å². The lowest BCUT2D eigenvalue weighted by Crippen LogP contribution is -2.15. The number of thiazole rings is 2. The lowest BCUT2D eigenvalue weighted by Gasteiger charge is -2.06. The molecule has 1 amide bonds. The molecular formula is C19H18N4O7S3. The number of rotatable bonds is 10. The van der Waals surface area contributed by atoms with Gasteiger partial charge in [0.15, 0.2) is 10.3 Å². The predicted octanol–water partition coefficient (Wildman–Crippen LogP) is 2.39. The smallest absolute Gasteiger partial charge is 0.311 e. The predicted molar refractivity (Wildman–Crippen MR) is 121 cm³/mol. The Bertz CT molecular complexity index is 1270. The van der Waals surface area contributed by atoms with Gasteiger partial charge in [-0.2, -0.15) is 0 Å². The Labute approximate surface area is 196 Å². The Morgan fingerprint density at radius 3 is 2.52 bits per heavy atom. The van der Waals surface area contributed by atoms with Crippen LogP contribution in [-0.4, -0.2) is 47.9 Å². The summed E-state index contributed by atoms with van der Waals surface area (Å²) < 4.78 is 32.2. The van der Waals surface area contributed by atoms with E-state index in [1.807, 2.05) is 0 Å². The van der Waals surface area contributed by atoms with Crippen LogP contribution in [0.2, 0.25) is 0 Å². The summed E-state index contributed by atoms with van der Waals surface area (Å²) in [5.74, 6) is -1.96. The first-order valence-electron chi connectivity index (χ1n) is 9.37. The molecular weight excluding hydrogens is 492 g/mol. The summed E-state index contributed by atoms with van der Waals surface area (Å²) in [6.45, 7) is 1.97. The molecule has 0 fully saturated rings. The summed E-state index contributed by atoms with van der Waals surface area (Å²) >= 11 is 2.07.